The Bertz CT molecular complexity index is 852. The first-order chi connectivity index (χ1) is 11.4. The molecule has 0 amide bonds. The van der Waals surface area contributed by atoms with Crippen LogP contribution in [0.15, 0.2) is 65.8 Å². The van der Waals surface area contributed by atoms with Crippen LogP contribution in [0, 0.1) is 0 Å². The molecule has 1 atom stereocenters. The van der Waals surface area contributed by atoms with Crippen LogP contribution < -0.4 is 0 Å². The second kappa shape index (κ2) is 4.97. The van der Waals surface area contributed by atoms with E-state index in [1.54, 1.807) is 36.3 Å². The molecule has 4 rings (SSSR count). The van der Waals surface area contributed by atoms with E-state index >= 15 is 0 Å². The van der Waals surface area contributed by atoms with E-state index in [-0.39, 0.29) is 5.56 Å². The quantitative estimate of drug-likeness (QED) is 0.765. The topological polar surface area (TPSA) is 15.6 Å². The highest BCUT2D eigenvalue weighted by molar-refractivity contribution is 6.13. The second-order valence-electron chi connectivity index (χ2n) is 6.20. The lowest BCUT2D eigenvalue weighted by Gasteiger charge is -2.25. The van der Waals surface area contributed by atoms with Gasteiger partial charge in [-0.25, -0.2) is 0 Å². The van der Waals surface area contributed by atoms with Gasteiger partial charge in [0.2, 0.25) is 0 Å². The van der Waals surface area contributed by atoms with Crippen LogP contribution in [0.2, 0.25) is 0 Å². The van der Waals surface area contributed by atoms with E-state index in [1.807, 2.05) is 30.3 Å². The summed E-state index contributed by atoms with van der Waals surface area (Å²) in [5, 5.41) is 6.26. The highest BCUT2D eigenvalue weighted by Gasteiger charge is 2.52. The summed E-state index contributed by atoms with van der Waals surface area (Å²) in [4.78, 5) is 0. The van der Waals surface area contributed by atoms with Crippen molar-refractivity contribution >= 4 is 11.3 Å². The third-order valence-corrected chi connectivity index (χ3v) is 4.61. The van der Waals surface area contributed by atoms with Gasteiger partial charge in [0.05, 0.1) is 23.2 Å². The van der Waals surface area contributed by atoms with Crippen LogP contribution in [0.3, 0.4) is 0 Å². The molecule has 24 heavy (non-hydrogen) atoms. The predicted molar refractivity (Wildman–Crippen MR) is 87.8 cm³/mol. The van der Waals surface area contributed by atoms with Gasteiger partial charge in [0.1, 0.15) is 0 Å². The summed E-state index contributed by atoms with van der Waals surface area (Å²) in [6.07, 6.45) is -3.03. The van der Waals surface area contributed by atoms with Gasteiger partial charge in [0.25, 0.3) is 0 Å². The summed E-state index contributed by atoms with van der Waals surface area (Å²) in [5.41, 5.74) is 0.997. The number of likely N-dealkylation sites (N-methyl/N-ethyl adjacent to an activating group) is 1. The summed E-state index contributed by atoms with van der Waals surface area (Å²) >= 11 is 0. The van der Waals surface area contributed by atoms with Crippen LogP contribution in [-0.4, -0.2) is 30.5 Å². The van der Waals surface area contributed by atoms with Crippen molar-refractivity contribution in [2.75, 3.05) is 13.6 Å². The molecule has 2 aromatic rings. The molecule has 0 saturated carbocycles. The second-order valence-corrected chi connectivity index (χ2v) is 6.20. The third-order valence-electron chi connectivity index (χ3n) is 4.61. The van der Waals surface area contributed by atoms with Crippen LogP contribution in [0.5, 0.6) is 0 Å². The van der Waals surface area contributed by atoms with Gasteiger partial charge in [0.15, 0.2) is 0 Å². The van der Waals surface area contributed by atoms with E-state index in [4.69, 9.17) is 0 Å². The Kier molecular flexibility index (Phi) is 3.10. The Morgan fingerprint density at radius 1 is 1.00 bits per heavy atom. The highest BCUT2D eigenvalue weighted by Crippen LogP contribution is 2.50. The molecule has 0 saturated heterocycles. The van der Waals surface area contributed by atoms with Crippen molar-refractivity contribution in [1.29, 1.82) is 0 Å². The zero-order chi connectivity index (χ0) is 16.9. The summed E-state index contributed by atoms with van der Waals surface area (Å²) in [7, 11) is 1.79. The first kappa shape index (κ1) is 15.0. The van der Waals surface area contributed by atoms with Gasteiger partial charge in [-0.1, -0.05) is 60.7 Å². The Morgan fingerprint density at radius 3 is 2.38 bits per heavy atom. The summed E-state index contributed by atoms with van der Waals surface area (Å²) in [6.45, 7) is 0.397. The van der Waals surface area contributed by atoms with Crippen LogP contribution in [-0.2, 0) is 5.41 Å². The van der Waals surface area contributed by atoms with Crippen molar-refractivity contribution in [1.82, 2.24) is 5.01 Å². The lowest BCUT2D eigenvalue weighted by atomic mass is 9.76. The standard InChI is InChI=1S/C19H15F3N2/c1-24-12-18(17(23-24)13-7-3-2-4-8-13)11-16(19(20,21)22)14-9-5-6-10-15(14)18/h2-11H,12H2,1H3/t18-/m1/s1. The van der Waals surface area contributed by atoms with E-state index < -0.39 is 17.2 Å². The molecular weight excluding hydrogens is 313 g/mol. The molecular formula is C19H15F3N2. The minimum absolute atomic E-state index is 0.254. The van der Waals surface area contributed by atoms with E-state index in [0.29, 0.717) is 17.8 Å². The van der Waals surface area contributed by atoms with Crippen molar-refractivity contribution in [3.05, 3.63) is 77.4 Å². The number of hydrogen-bond donors (Lipinski definition) is 0. The molecule has 0 unspecified atom stereocenters. The van der Waals surface area contributed by atoms with Gasteiger partial charge in [0, 0.05) is 7.05 Å². The zero-order valence-electron chi connectivity index (χ0n) is 13.0. The van der Waals surface area contributed by atoms with Crippen molar-refractivity contribution in [2.45, 2.75) is 11.6 Å². The Morgan fingerprint density at radius 2 is 1.67 bits per heavy atom. The molecule has 1 spiro atoms. The maximum atomic E-state index is 13.6. The Labute approximate surface area is 137 Å². The van der Waals surface area contributed by atoms with Gasteiger partial charge in [-0.3, -0.25) is 5.01 Å². The SMILES string of the molecule is CN1C[C@@]2(C=C(C(F)(F)F)c3ccccc32)C(c2ccccc2)=N1. The molecule has 1 aliphatic heterocycles. The first-order valence-electron chi connectivity index (χ1n) is 7.67. The number of benzene rings is 2. The van der Waals surface area contributed by atoms with Crippen LogP contribution in [0.25, 0.3) is 5.57 Å². The fraction of sp³-hybridized carbons (Fsp3) is 0.211. The molecule has 0 radical (unpaired) electrons. The number of rotatable bonds is 1. The highest BCUT2D eigenvalue weighted by atomic mass is 19.4. The molecule has 2 aliphatic rings. The van der Waals surface area contributed by atoms with Crippen LogP contribution >= 0.6 is 0 Å². The molecule has 0 fully saturated rings. The lowest BCUT2D eigenvalue weighted by Crippen LogP contribution is -2.35. The van der Waals surface area contributed by atoms with Gasteiger partial charge in [-0.15, -0.1) is 0 Å². The smallest absolute Gasteiger partial charge is 0.298 e. The Balaban J connectivity index is 1.97. The monoisotopic (exact) mass is 328 g/mol. The average molecular weight is 328 g/mol. The van der Waals surface area contributed by atoms with E-state index in [0.717, 1.165) is 5.56 Å². The third kappa shape index (κ3) is 2.08. The van der Waals surface area contributed by atoms with Crippen molar-refractivity contribution in [3.8, 4) is 0 Å². The number of halogens is 3. The molecule has 122 valence electrons. The summed E-state index contributed by atoms with van der Waals surface area (Å²) in [5.74, 6) is 0. The zero-order valence-corrected chi connectivity index (χ0v) is 13.0. The van der Waals surface area contributed by atoms with Gasteiger partial charge in [-0.05, 0) is 16.7 Å². The summed E-state index contributed by atoms with van der Waals surface area (Å²) < 4.78 is 40.7. The molecule has 1 heterocycles. The minimum Gasteiger partial charge on any atom is -0.298 e. The average Bonchev–Trinajstić information content (AvgIpc) is 3.07. The molecule has 2 nitrogen and oxygen atoms in total. The van der Waals surface area contributed by atoms with E-state index in [2.05, 4.69) is 5.10 Å². The largest absolute Gasteiger partial charge is 0.416 e. The Hall–Kier alpha value is -2.56. The number of hydrazone groups is 1. The molecule has 0 bridgehead atoms. The molecule has 0 N–H and O–H groups in total. The molecule has 0 aromatic heterocycles. The predicted octanol–water partition coefficient (Wildman–Crippen LogP) is 4.23. The number of nitrogens with zero attached hydrogens (tertiary/aromatic N) is 2. The van der Waals surface area contributed by atoms with Crippen molar-refractivity contribution < 1.29 is 13.2 Å². The number of hydrogen-bond acceptors (Lipinski definition) is 2. The normalized spacial score (nSPS) is 22.6. The maximum Gasteiger partial charge on any atom is 0.416 e. The van der Waals surface area contributed by atoms with Crippen molar-refractivity contribution in [3.63, 3.8) is 0 Å². The van der Waals surface area contributed by atoms with Gasteiger partial charge in [-0.2, -0.15) is 18.3 Å². The van der Waals surface area contributed by atoms with E-state index in [9.17, 15) is 13.2 Å². The number of allylic oxidation sites excluding steroid dienone is 1. The van der Waals surface area contributed by atoms with E-state index in [1.165, 1.54) is 6.08 Å². The number of alkyl halides is 3. The lowest BCUT2D eigenvalue weighted by molar-refractivity contribution is -0.0688. The minimum atomic E-state index is -4.39. The van der Waals surface area contributed by atoms with Crippen molar-refractivity contribution in [2.24, 2.45) is 5.10 Å². The fourth-order valence-electron chi connectivity index (χ4n) is 3.71. The molecule has 5 heteroatoms. The molecule has 1 aliphatic carbocycles. The van der Waals surface area contributed by atoms with Crippen LogP contribution in [0.4, 0.5) is 13.2 Å². The van der Waals surface area contributed by atoms with Gasteiger partial charge < -0.3 is 0 Å². The number of fused-ring (bicyclic) bond motifs is 2. The van der Waals surface area contributed by atoms with Crippen LogP contribution in [0.1, 0.15) is 16.7 Å². The van der Waals surface area contributed by atoms with Gasteiger partial charge >= 0.3 is 6.18 Å². The first-order valence-corrected chi connectivity index (χ1v) is 7.67. The maximum absolute atomic E-state index is 13.6. The fourth-order valence-corrected chi connectivity index (χ4v) is 3.71. The summed E-state index contributed by atoms with van der Waals surface area (Å²) in [6, 6.07) is 16.2. The molecule has 2 aromatic carbocycles.